The molecule has 6 nitrogen and oxygen atoms in total. The number of hydrogen-bond donors (Lipinski definition) is 1. The second kappa shape index (κ2) is 9.85. The molecule has 3 aromatic rings. The molecular formula is C21H24N4O2S. The number of hydrogen-bond acceptors (Lipinski definition) is 5. The Morgan fingerprint density at radius 2 is 1.96 bits per heavy atom. The summed E-state index contributed by atoms with van der Waals surface area (Å²) in [6.45, 7) is 2.72. The molecule has 0 radical (unpaired) electrons. The first-order valence-electron chi connectivity index (χ1n) is 9.26. The predicted octanol–water partition coefficient (Wildman–Crippen LogP) is 4.41. The smallest absolute Gasteiger partial charge is 0.216 e. The van der Waals surface area contributed by atoms with Gasteiger partial charge < -0.3 is 9.47 Å². The van der Waals surface area contributed by atoms with Crippen molar-refractivity contribution in [2.45, 2.75) is 26.2 Å². The first-order valence-corrected chi connectivity index (χ1v) is 9.67. The molecule has 1 aromatic heterocycles. The maximum atomic E-state index is 5.69. The summed E-state index contributed by atoms with van der Waals surface area (Å²) in [5.41, 5.74) is 2.14. The Bertz CT molecular complexity index is 980. The van der Waals surface area contributed by atoms with E-state index in [1.165, 1.54) is 5.56 Å². The molecule has 7 heteroatoms. The number of rotatable bonds is 9. The quantitative estimate of drug-likeness (QED) is 0.430. The minimum absolute atomic E-state index is 0.467. The van der Waals surface area contributed by atoms with Crippen molar-refractivity contribution >= 4 is 18.4 Å². The van der Waals surface area contributed by atoms with Crippen LogP contribution in [0.15, 0.2) is 53.6 Å². The van der Waals surface area contributed by atoms with Crippen LogP contribution in [0.1, 0.15) is 30.3 Å². The molecular weight excluding hydrogens is 372 g/mol. The van der Waals surface area contributed by atoms with E-state index in [1.807, 2.05) is 36.4 Å². The van der Waals surface area contributed by atoms with Crippen LogP contribution in [0.2, 0.25) is 0 Å². The number of aromatic nitrogens is 3. The van der Waals surface area contributed by atoms with Gasteiger partial charge in [0.1, 0.15) is 0 Å². The topological polar surface area (TPSA) is 64.4 Å². The summed E-state index contributed by atoms with van der Waals surface area (Å²) in [5, 5.41) is 11.6. The lowest BCUT2D eigenvalue weighted by Crippen LogP contribution is -2.02. The highest BCUT2D eigenvalue weighted by Crippen LogP contribution is 2.27. The van der Waals surface area contributed by atoms with Crippen molar-refractivity contribution in [1.29, 1.82) is 0 Å². The van der Waals surface area contributed by atoms with E-state index in [1.54, 1.807) is 18.0 Å². The minimum Gasteiger partial charge on any atom is -0.493 e. The van der Waals surface area contributed by atoms with Gasteiger partial charge in [-0.1, -0.05) is 37.3 Å². The first-order chi connectivity index (χ1) is 13.7. The molecule has 1 N–H and O–H groups in total. The highest BCUT2D eigenvalue weighted by atomic mass is 32.1. The number of H-pyrrole nitrogens is 1. The summed E-state index contributed by atoms with van der Waals surface area (Å²) in [5.74, 6) is 2.20. The average Bonchev–Trinajstić information content (AvgIpc) is 3.09. The molecule has 0 aliphatic heterocycles. The standard InChI is InChI=1S/C21H24N4O2S/c1-3-13-27-18-11-9-17(14-19(18)26-2)15-22-25-20(23-24-21(25)28)12-10-16-7-5-4-6-8-16/h4-9,11,14-15H,3,10,12-13H2,1-2H3,(H,24,28)/b22-15-. The third kappa shape index (κ3) is 5.07. The van der Waals surface area contributed by atoms with Gasteiger partial charge in [0.15, 0.2) is 17.3 Å². The molecule has 0 saturated heterocycles. The molecule has 0 atom stereocenters. The molecule has 0 fully saturated rings. The molecule has 0 spiro atoms. The van der Waals surface area contributed by atoms with Crippen LogP contribution in [0.25, 0.3) is 0 Å². The van der Waals surface area contributed by atoms with E-state index in [9.17, 15) is 0 Å². The molecule has 0 aliphatic carbocycles. The fourth-order valence-corrected chi connectivity index (χ4v) is 2.92. The van der Waals surface area contributed by atoms with Gasteiger partial charge >= 0.3 is 0 Å². The number of nitrogens with one attached hydrogen (secondary N) is 1. The number of nitrogens with zero attached hydrogens (tertiary/aromatic N) is 3. The Balaban J connectivity index is 1.75. The molecule has 2 aromatic carbocycles. The van der Waals surface area contributed by atoms with E-state index >= 15 is 0 Å². The largest absolute Gasteiger partial charge is 0.493 e. The van der Waals surface area contributed by atoms with E-state index in [-0.39, 0.29) is 0 Å². The SMILES string of the molecule is CCCOc1ccc(/C=N\n2c(CCc3ccccc3)n[nH]c2=S)cc1OC. The van der Waals surface area contributed by atoms with Crippen LogP contribution in [0.3, 0.4) is 0 Å². The van der Waals surface area contributed by atoms with Crippen LogP contribution in [0.4, 0.5) is 0 Å². The second-order valence-electron chi connectivity index (χ2n) is 6.25. The molecule has 28 heavy (non-hydrogen) atoms. The molecule has 1 heterocycles. The summed E-state index contributed by atoms with van der Waals surface area (Å²) in [6, 6.07) is 16.0. The third-order valence-corrected chi connectivity index (χ3v) is 4.43. The zero-order valence-electron chi connectivity index (χ0n) is 16.1. The van der Waals surface area contributed by atoms with E-state index < -0.39 is 0 Å². The van der Waals surface area contributed by atoms with Crippen molar-refractivity contribution in [2.24, 2.45) is 5.10 Å². The van der Waals surface area contributed by atoms with Gasteiger partial charge in [-0.25, -0.2) is 0 Å². The molecule has 0 aliphatic rings. The monoisotopic (exact) mass is 396 g/mol. The number of aryl methyl sites for hydroxylation is 2. The molecule has 3 rings (SSSR count). The van der Waals surface area contributed by atoms with Crippen LogP contribution in [0.5, 0.6) is 11.5 Å². The summed E-state index contributed by atoms with van der Waals surface area (Å²) in [6.07, 6.45) is 4.29. The maximum absolute atomic E-state index is 5.69. The van der Waals surface area contributed by atoms with Crippen LogP contribution >= 0.6 is 12.2 Å². The minimum atomic E-state index is 0.467. The van der Waals surface area contributed by atoms with Crippen LogP contribution in [0, 0.1) is 4.77 Å². The Morgan fingerprint density at radius 3 is 2.71 bits per heavy atom. The highest BCUT2D eigenvalue weighted by Gasteiger charge is 2.07. The number of methoxy groups -OCH3 is 1. The summed E-state index contributed by atoms with van der Waals surface area (Å²) >= 11 is 5.32. The van der Waals surface area contributed by atoms with Gasteiger partial charge in [-0.15, -0.1) is 0 Å². The van der Waals surface area contributed by atoms with Crippen molar-refractivity contribution in [3.05, 3.63) is 70.3 Å². The Hall–Kier alpha value is -2.93. The molecule has 146 valence electrons. The van der Waals surface area contributed by atoms with Gasteiger partial charge in [0.2, 0.25) is 4.77 Å². The molecule has 0 unspecified atom stereocenters. The zero-order chi connectivity index (χ0) is 19.8. The molecule has 0 amide bonds. The number of ether oxygens (including phenoxy) is 2. The van der Waals surface area contributed by atoms with Crippen molar-refractivity contribution in [3.63, 3.8) is 0 Å². The maximum Gasteiger partial charge on any atom is 0.216 e. The summed E-state index contributed by atoms with van der Waals surface area (Å²) in [7, 11) is 1.63. The highest BCUT2D eigenvalue weighted by molar-refractivity contribution is 7.71. The lowest BCUT2D eigenvalue weighted by Gasteiger charge is -2.10. The van der Waals surface area contributed by atoms with Crippen molar-refractivity contribution < 1.29 is 9.47 Å². The Kier molecular flexibility index (Phi) is 6.97. The Labute approximate surface area is 169 Å². The fraction of sp³-hybridized carbons (Fsp3) is 0.286. The summed E-state index contributed by atoms with van der Waals surface area (Å²) in [4.78, 5) is 0. The van der Waals surface area contributed by atoms with Gasteiger partial charge in [0.05, 0.1) is 19.9 Å². The number of benzene rings is 2. The first kappa shape index (κ1) is 19.8. The van der Waals surface area contributed by atoms with Crippen molar-refractivity contribution in [1.82, 2.24) is 14.9 Å². The van der Waals surface area contributed by atoms with Crippen molar-refractivity contribution in [3.8, 4) is 11.5 Å². The van der Waals surface area contributed by atoms with Gasteiger partial charge in [0, 0.05) is 6.42 Å². The van der Waals surface area contributed by atoms with E-state index in [4.69, 9.17) is 21.7 Å². The van der Waals surface area contributed by atoms with Gasteiger partial charge in [0.25, 0.3) is 0 Å². The second-order valence-corrected chi connectivity index (χ2v) is 6.63. The van der Waals surface area contributed by atoms with E-state index in [0.717, 1.165) is 36.4 Å². The van der Waals surface area contributed by atoms with Gasteiger partial charge in [-0.3, -0.25) is 5.10 Å². The predicted molar refractivity (Wildman–Crippen MR) is 113 cm³/mol. The van der Waals surface area contributed by atoms with E-state index in [0.29, 0.717) is 17.1 Å². The third-order valence-electron chi connectivity index (χ3n) is 4.17. The molecule has 0 bridgehead atoms. The van der Waals surface area contributed by atoms with Gasteiger partial charge in [-0.05, 0) is 54.4 Å². The van der Waals surface area contributed by atoms with E-state index in [2.05, 4.69) is 34.4 Å². The molecule has 0 saturated carbocycles. The zero-order valence-corrected chi connectivity index (χ0v) is 16.9. The summed E-state index contributed by atoms with van der Waals surface area (Å²) < 4.78 is 13.2. The Morgan fingerprint density at radius 1 is 1.14 bits per heavy atom. The van der Waals surface area contributed by atoms with Gasteiger partial charge in [-0.2, -0.15) is 14.9 Å². The van der Waals surface area contributed by atoms with Crippen LogP contribution in [-0.2, 0) is 12.8 Å². The number of aromatic amines is 1. The lowest BCUT2D eigenvalue weighted by atomic mass is 10.1. The normalized spacial score (nSPS) is 11.1. The lowest BCUT2D eigenvalue weighted by molar-refractivity contribution is 0.294. The van der Waals surface area contributed by atoms with Crippen LogP contribution < -0.4 is 9.47 Å². The van der Waals surface area contributed by atoms with Crippen LogP contribution in [-0.4, -0.2) is 34.8 Å². The average molecular weight is 397 g/mol. The fourth-order valence-electron chi connectivity index (χ4n) is 2.73. The van der Waals surface area contributed by atoms with Crippen molar-refractivity contribution in [2.75, 3.05) is 13.7 Å².